The minimum Gasteiger partial charge on any atom is -0.322 e. The topological polar surface area (TPSA) is 66.5 Å². The van der Waals surface area contributed by atoms with Crippen LogP contribution in [0.1, 0.15) is 40.5 Å². The molecule has 6 heteroatoms. The maximum absolute atomic E-state index is 12.8. The van der Waals surface area contributed by atoms with Gasteiger partial charge in [-0.1, -0.05) is 26.0 Å². The first-order valence-corrected chi connectivity index (χ1v) is 8.45. The van der Waals surface area contributed by atoms with Crippen molar-refractivity contribution in [2.24, 2.45) is 5.92 Å². The second-order valence-electron chi connectivity index (χ2n) is 6.22. The Labute approximate surface area is 148 Å². The Morgan fingerprint density at radius 1 is 1.24 bits per heavy atom. The third-order valence-electron chi connectivity index (χ3n) is 4.42. The van der Waals surface area contributed by atoms with Crippen LogP contribution in [0.15, 0.2) is 34.9 Å². The Morgan fingerprint density at radius 3 is 2.36 bits per heavy atom. The van der Waals surface area contributed by atoms with Gasteiger partial charge in [0.15, 0.2) is 0 Å². The highest BCUT2D eigenvalue weighted by Crippen LogP contribution is 2.29. The van der Waals surface area contributed by atoms with Crippen LogP contribution in [0.4, 0.5) is 4.39 Å². The molecule has 1 unspecified atom stereocenters. The minimum atomic E-state index is -0.561. The molecule has 2 aliphatic rings. The Bertz CT molecular complexity index is 633. The summed E-state index contributed by atoms with van der Waals surface area (Å²) in [6.07, 6.45) is 6.52. The fourth-order valence-corrected chi connectivity index (χ4v) is 3.02. The van der Waals surface area contributed by atoms with Crippen molar-refractivity contribution in [2.45, 2.75) is 46.6 Å². The van der Waals surface area contributed by atoms with Crippen LogP contribution < -0.4 is 5.32 Å². The Hall–Kier alpha value is -2.24. The number of imide groups is 1. The fourth-order valence-electron chi connectivity index (χ4n) is 3.02. The lowest BCUT2D eigenvalue weighted by Gasteiger charge is -2.28. The summed E-state index contributed by atoms with van der Waals surface area (Å²) in [6.45, 7) is 8.44. The van der Waals surface area contributed by atoms with Gasteiger partial charge in [-0.2, -0.15) is 0 Å². The van der Waals surface area contributed by atoms with Gasteiger partial charge in [0.05, 0.1) is 7.18 Å². The van der Waals surface area contributed by atoms with Crippen molar-refractivity contribution < 1.29 is 18.8 Å². The molecule has 0 radical (unpaired) electrons. The highest BCUT2D eigenvalue weighted by molar-refractivity contribution is 6.07. The average molecular weight is 350 g/mol. The van der Waals surface area contributed by atoms with E-state index in [0.29, 0.717) is 31.6 Å². The van der Waals surface area contributed by atoms with Gasteiger partial charge in [0.25, 0.3) is 5.91 Å². The average Bonchev–Trinajstić information content (AvgIpc) is 2.90. The van der Waals surface area contributed by atoms with E-state index in [9.17, 15) is 18.8 Å². The second-order valence-corrected chi connectivity index (χ2v) is 6.22. The summed E-state index contributed by atoms with van der Waals surface area (Å²) < 4.78 is 9.50. The number of allylic oxidation sites excluding steroid dienone is 4. The maximum Gasteiger partial charge on any atom is 0.255 e. The first-order chi connectivity index (χ1) is 11.9. The van der Waals surface area contributed by atoms with E-state index in [0.717, 1.165) is 11.1 Å². The molecule has 0 saturated carbocycles. The molecule has 0 aromatic carbocycles. The van der Waals surface area contributed by atoms with E-state index in [2.05, 4.69) is 19.2 Å². The number of rotatable bonds is 3. The predicted octanol–water partition coefficient (Wildman–Crippen LogP) is 2.69. The normalized spacial score (nSPS) is 24.8. The van der Waals surface area contributed by atoms with E-state index >= 15 is 0 Å². The van der Waals surface area contributed by atoms with Gasteiger partial charge < -0.3 is 4.90 Å². The van der Waals surface area contributed by atoms with Crippen LogP contribution in [0, 0.1) is 5.92 Å². The molecule has 2 saturated heterocycles. The third kappa shape index (κ3) is 4.65. The van der Waals surface area contributed by atoms with Crippen LogP contribution in [0.3, 0.4) is 0 Å². The summed E-state index contributed by atoms with van der Waals surface area (Å²) >= 11 is 0. The van der Waals surface area contributed by atoms with Crippen molar-refractivity contribution >= 4 is 17.7 Å². The van der Waals surface area contributed by atoms with Crippen LogP contribution in [0.2, 0.25) is 0 Å². The van der Waals surface area contributed by atoms with Gasteiger partial charge >= 0.3 is 0 Å². The molecule has 2 heterocycles. The summed E-state index contributed by atoms with van der Waals surface area (Å²) in [4.78, 5) is 37.7. The number of hydrogen-bond donors (Lipinski definition) is 1. The van der Waals surface area contributed by atoms with Gasteiger partial charge in [-0.05, 0) is 43.4 Å². The summed E-state index contributed by atoms with van der Waals surface area (Å²) in [6, 6.07) is -0.561. The van der Waals surface area contributed by atoms with Gasteiger partial charge in [0.1, 0.15) is 6.04 Å². The molecule has 1 atom stereocenters. The van der Waals surface area contributed by atoms with Crippen molar-refractivity contribution in [2.75, 3.05) is 13.7 Å². The zero-order valence-corrected chi connectivity index (χ0v) is 15.6. The first-order valence-electron chi connectivity index (χ1n) is 8.45. The number of likely N-dealkylation sites (tertiary alicyclic amines) is 1. The lowest BCUT2D eigenvalue weighted by atomic mass is 9.98. The molecule has 0 aromatic heterocycles. The second kappa shape index (κ2) is 9.30. The Morgan fingerprint density at radius 2 is 1.88 bits per heavy atom. The van der Waals surface area contributed by atoms with Gasteiger partial charge in [0.2, 0.25) is 11.8 Å². The molecule has 2 rings (SSSR count). The number of carbonyl (C=O) groups is 3. The SMILES string of the molecule is CF.C\C=C(/C=C1/C(=O)N(C2CCC(=O)NC2=O)C/C1=C/C)C(C)C. The van der Waals surface area contributed by atoms with Gasteiger partial charge in [-0.3, -0.25) is 24.1 Å². The number of halogens is 1. The molecule has 0 aromatic rings. The number of nitrogens with one attached hydrogen (secondary N) is 1. The molecular weight excluding hydrogens is 323 g/mol. The van der Waals surface area contributed by atoms with E-state index in [4.69, 9.17) is 0 Å². The molecule has 0 aliphatic carbocycles. The zero-order valence-electron chi connectivity index (χ0n) is 15.6. The molecule has 25 heavy (non-hydrogen) atoms. The summed E-state index contributed by atoms with van der Waals surface area (Å²) in [7, 11) is 0.500. The number of amides is 3. The lowest BCUT2D eigenvalue weighted by molar-refractivity contribution is -0.142. The molecule has 2 fully saturated rings. The zero-order chi connectivity index (χ0) is 19.1. The van der Waals surface area contributed by atoms with Crippen molar-refractivity contribution in [1.82, 2.24) is 10.2 Å². The summed E-state index contributed by atoms with van der Waals surface area (Å²) in [5.41, 5.74) is 2.68. The Kier molecular flexibility index (Phi) is 7.74. The monoisotopic (exact) mass is 350 g/mol. The van der Waals surface area contributed by atoms with Crippen LogP contribution in [-0.4, -0.2) is 42.4 Å². The molecule has 1 N–H and O–H groups in total. The number of alkyl halides is 1. The maximum atomic E-state index is 12.8. The van der Waals surface area contributed by atoms with Crippen molar-refractivity contribution in [3.63, 3.8) is 0 Å². The standard InChI is InChI=1S/C18H24N2O3.CH3F/c1-5-12(11(3)4)9-14-13(6-2)10-20(18(14)23)15-7-8-16(21)19-17(15)22;1-2/h5-6,9,11,15H,7-8,10H2,1-4H3,(H,19,21,22);1H3/b12-5+,13-6-,14-9+;. The summed E-state index contributed by atoms with van der Waals surface area (Å²) in [5, 5.41) is 2.32. The molecule has 3 amide bonds. The summed E-state index contributed by atoms with van der Waals surface area (Å²) in [5.74, 6) is -0.451. The molecule has 0 spiro atoms. The number of nitrogens with zero attached hydrogens (tertiary/aromatic N) is 1. The predicted molar refractivity (Wildman–Crippen MR) is 95.4 cm³/mol. The van der Waals surface area contributed by atoms with E-state index in [1.807, 2.05) is 32.1 Å². The molecular formula is C19H27FN2O3. The molecule has 138 valence electrons. The van der Waals surface area contributed by atoms with E-state index < -0.39 is 6.04 Å². The van der Waals surface area contributed by atoms with Crippen molar-refractivity contribution in [1.29, 1.82) is 0 Å². The minimum absolute atomic E-state index is 0.132. The molecule has 2 aliphatic heterocycles. The van der Waals surface area contributed by atoms with Gasteiger partial charge in [0, 0.05) is 18.5 Å². The van der Waals surface area contributed by atoms with Crippen molar-refractivity contribution in [3.05, 3.63) is 34.9 Å². The largest absolute Gasteiger partial charge is 0.322 e. The third-order valence-corrected chi connectivity index (χ3v) is 4.42. The fraction of sp³-hybridized carbons (Fsp3) is 0.526. The van der Waals surface area contributed by atoms with E-state index in [1.165, 1.54) is 0 Å². The molecule has 5 nitrogen and oxygen atoms in total. The van der Waals surface area contributed by atoms with Crippen LogP contribution in [0.5, 0.6) is 0 Å². The van der Waals surface area contributed by atoms with Gasteiger partial charge in [-0.25, -0.2) is 0 Å². The quantitative estimate of drug-likeness (QED) is 0.629. The first kappa shape index (κ1) is 20.8. The molecule has 0 bridgehead atoms. The van der Waals surface area contributed by atoms with Crippen LogP contribution in [0.25, 0.3) is 0 Å². The number of hydrogen-bond acceptors (Lipinski definition) is 3. The van der Waals surface area contributed by atoms with Gasteiger partial charge in [-0.15, -0.1) is 0 Å². The lowest BCUT2D eigenvalue weighted by Crippen LogP contribution is -2.52. The van der Waals surface area contributed by atoms with E-state index in [1.54, 1.807) is 4.90 Å². The van der Waals surface area contributed by atoms with Crippen LogP contribution in [-0.2, 0) is 14.4 Å². The number of piperidine rings is 1. The number of carbonyl (C=O) groups excluding carboxylic acids is 3. The highest BCUT2D eigenvalue weighted by Gasteiger charge is 2.40. The highest BCUT2D eigenvalue weighted by atomic mass is 19.1. The van der Waals surface area contributed by atoms with E-state index in [-0.39, 0.29) is 24.1 Å². The van der Waals surface area contributed by atoms with Crippen molar-refractivity contribution in [3.8, 4) is 0 Å². The van der Waals surface area contributed by atoms with Crippen LogP contribution >= 0.6 is 0 Å². The smallest absolute Gasteiger partial charge is 0.255 e. The Balaban J connectivity index is 0.00000151.